The molecule has 170 valence electrons. The van der Waals surface area contributed by atoms with Crippen LogP contribution in [0.3, 0.4) is 0 Å². The van der Waals surface area contributed by atoms with Crippen LogP contribution in [0, 0.1) is 5.82 Å². The molecule has 0 aliphatic carbocycles. The Morgan fingerprint density at radius 3 is 2.53 bits per heavy atom. The highest BCUT2D eigenvalue weighted by atomic mass is 19.1. The van der Waals surface area contributed by atoms with Crippen molar-refractivity contribution in [1.82, 2.24) is 15.2 Å². The van der Waals surface area contributed by atoms with Crippen molar-refractivity contribution in [3.05, 3.63) is 59.4 Å². The van der Waals surface area contributed by atoms with Gasteiger partial charge in [0.1, 0.15) is 23.9 Å². The number of hydrogen-bond acceptors (Lipinski definition) is 5. The van der Waals surface area contributed by atoms with Crippen molar-refractivity contribution in [2.24, 2.45) is 5.10 Å². The Morgan fingerprint density at radius 2 is 1.91 bits per heavy atom. The number of hydrazone groups is 1. The van der Waals surface area contributed by atoms with Crippen LogP contribution in [-0.4, -0.2) is 61.9 Å². The van der Waals surface area contributed by atoms with Gasteiger partial charge in [0.25, 0.3) is 5.91 Å². The van der Waals surface area contributed by atoms with Gasteiger partial charge in [0, 0.05) is 31.6 Å². The smallest absolute Gasteiger partial charge is 0.317 e. The molecule has 0 fully saturated rings. The molecule has 2 aromatic rings. The molecule has 1 aliphatic rings. The molecule has 1 aliphatic heterocycles. The van der Waals surface area contributed by atoms with Gasteiger partial charge in [0.15, 0.2) is 0 Å². The Kier molecular flexibility index (Phi) is 7.29. The lowest BCUT2D eigenvalue weighted by Crippen LogP contribution is -2.43. The van der Waals surface area contributed by atoms with E-state index < -0.39 is 6.04 Å². The van der Waals surface area contributed by atoms with Crippen LogP contribution in [0.5, 0.6) is 11.5 Å². The van der Waals surface area contributed by atoms with Crippen LogP contribution in [0.15, 0.2) is 47.6 Å². The van der Waals surface area contributed by atoms with Gasteiger partial charge in [-0.15, -0.1) is 0 Å². The molecule has 8 nitrogen and oxygen atoms in total. The maximum atomic E-state index is 13.5. The fourth-order valence-corrected chi connectivity index (χ4v) is 3.52. The first kappa shape index (κ1) is 23.1. The normalized spacial score (nSPS) is 15.2. The number of nitrogens with one attached hydrogen (secondary N) is 1. The van der Waals surface area contributed by atoms with Gasteiger partial charge in [-0.1, -0.05) is 12.1 Å². The first-order chi connectivity index (χ1) is 15.4. The van der Waals surface area contributed by atoms with E-state index in [0.717, 1.165) is 11.1 Å². The van der Waals surface area contributed by atoms with Crippen molar-refractivity contribution in [3.63, 3.8) is 0 Å². The van der Waals surface area contributed by atoms with Crippen molar-refractivity contribution in [2.75, 3.05) is 34.4 Å². The molecular formula is C23H27FN4O4. The molecule has 2 aromatic carbocycles. The maximum Gasteiger partial charge on any atom is 0.317 e. The minimum absolute atomic E-state index is 0.153. The van der Waals surface area contributed by atoms with E-state index in [1.165, 1.54) is 22.0 Å². The van der Waals surface area contributed by atoms with Crippen LogP contribution in [0.1, 0.15) is 30.5 Å². The van der Waals surface area contributed by atoms with Gasteiger partial charge >= 0.3 is 6.03 Å². The van der Waals surface area contributed by atoms with E-state index in [4.69, 9.17) is 9.47 Å². The minimum Gasteiger partial charge on any atom is -0.497 e. The van der Waals surface area contributed by atoms with E-state index in [9.17, 15) is 14.0 Å². The largest absolute Gasteiger partial charge is 0.497 e. The molecule has 3 amide bonds. The molecule has 0 saturated carbocycles. The summed E-state index contributed by atoms with van der Waals surface area (Å²) in [5.74, 6) is 0.486. The van der Waals surface area contributed by atoms with Crippen LogP contribution >= 0.6 is 0 Å². The van der Waals surface area contributed by atoms with Gasteiger partial charge in [-0.25, -0.2) is 14.2 Å². The van der Waals surface area contributed by atoms with E-state index in [1.807, 2.05) is 6.07 Å². The molecule has 0 unspecified atom stereocenters. The Labute approximate surface area is 186 Å². The van der Waals surface area contributed by atoms with Gasteiger partial charge in [0.05, 0.1) is 26.0 Å². The second-order valence-electron chi connectivity index (χ2n) is 7.31. The van der Waals surface area contributed by atoms with Crippen LogP contribution in [0.2, 0.25) is 0 Å². The zero-order valence-corrected chi connectivity index (χ0v) is 18.6. The van der Waals surface area contributed by atoms with Crippen molar-refractivity contribution in [3.8, 4) is 11.5 Å². The lowest BCUT2D eigenvalue weighted by atomic mass is 9.97. The number of amides is 3. The summed E-state index contributed by atoms with van der Waals surface area (Å²) in [4.78, 5) is 26.5. The number of carbonyl (C=O) groups is 2. The predicted octanol–water partition coefficient (Wildman–Crippen LogP) is 3.18. The molecule has 3 rings (SSSR count). The quantitative estimate of drug-likeness (QED) is 0.714. The van der Waals surface area contributed by atoms with Crippen LogP contribution < -0.4 is 14.8 Å². The van der Waals surface area contributed by atoms with Crippen LogP contribution in [0.25, 0.3) is 0 Å². The summed E-state index contributed by atoms with van der Waals surface area (Å²) >= 11 is 0. The predicted molar refractivity (Wildman–Crippen MR) is 118 cm³/mol. The summed E-state index contributed by atoms with van der Waals surface area (Å²) in [7, 11) is 4.66. The van der Waals surface area contributed by atoms with E-state index in [-0.39, 0.29) is 24.3 Å². The summed E-state index contributed by atoms with van der Waals surface area (Å²) < 4.78 is 24.2. The molecule has 32 heavy (non-hydrogen) atoms. The Balaban J connectivity index is 1.94. The third-order valence-corrected chi connectivity index (χ3v) is 5.19. The molecule has 0 bridgehead atoms. The number of carbonyl (C=O) groups excluding carboxylic acids is 2. The van der Waals surface area contributed by atoms with Crippen LogP contribution in [0.4, 0.5) is 9.18 Å². The molecule has 0 aromatic heterocycles. The SMILES string of the molecule is CCNC(=O)N(C)CC(=O)N1N=C(c2ccc(OC)cc2OC)C[C@@H]1c1ccc(F)cc1. The maximum absolute atomic E-state index is 13.5. The number of ether oxygens (including phenoxy) is 2. The van der Waals surface area contributed by atoms with Crippen molar-refractivity contribution in [2.45, 2.75) is 19.4 Å². The second-order valence-corrected chi connectivity index (χ2v) is 7.31. The zero-order chi connectivity index (χ0) is 23.3. The Bertz CT molecular complexity index is 1010. The summed E-state index contributed by atoms with van der Waals surface area (Å²) in [6, 6.07) is 10.6. The van der Waals surface area contributed by atoms with Crippen LogP contribution in [-0.2, 0) is 4.79 Å². The molecule has 0 radical (unpaired) electrons. The fraction of sp³-hybridized carbons (Fsp3) is 0.348. The summed E-state index contributed by atoms with van der Waals surface area (Å²) in [6.45, 7) is 2.11. The molecule has 1 N–H and O–H groups in total. The summed E-state index contributed by atoms with van der Waals surface area (Å²) in [5, 5.41) is 8.61. The molecule has 0 spiro atoms. The molecule has 0 saturated heterocycles. The number of nitrogens with zero attached hydrogens (tertiary/aromatic N) is 3. The number of benzene rings is 2. The first-order valence-electron chi connectivity index (χ1n) is 10.2. The third-order valence-electron chi connectivity index (χ3n) is 5.19. The topological polar surface area (TPSA) is 83.5 Å². The fourth-order valence-electron chi connectivity index (χ4n) is 3.52. The lowest BCUT2D eigenvalue weighted by Gasteiger charge is -2.25. The van der Waals surface area contributed by atoms with Gasteiger partial charge in [0.2, 0.25) is 0 Å². The standard InChI is InChI=1S/C23H27FN4O4/c1-5-25-23(30)27(2)14-22(29)28-20(15-6-8-16(24)9-7-15)13-19(26-28)18-11-10-17(31-3)12-21(18)32-4/h6-12,20H,5,13-14H2,1-4H3,(H,25,30)/t20-/m1/s1. The number of halogens is 1. The van der Waals surface area contributed by atoms with E-state index in [0.29, 0.717) is 30.2 Å². The van der Waals surface area contributed by atoms with Crippen molar-refractivity contribution in [1.29, 1.82) is 0 Å². The van der Waals surface area contributed by atoms with Gasteiger partial charge in [-0.05, 0) is 36.8 Å². The van der Waals surface area contributed by atoms with Crippen molar-refractivity contribution >= 4 is 17.6 Å². The average Bonchev–Trinajstić information content (AvgIpc) is 3.24. The third kappa shape index (κ3) is 4.99. The molecule has 1 atom stereocenters. The summed E-state index contributed by atoms with van der Waals surface area (Å²) in [6.07, 6.45) is 0.408. The minimum atomic E-state index is -0.437. The average molecular weight is 442 g/mol. The van der Waals surface area contributed by atoms with Gasteiger partial charge in [-0.3, -0.25) is 4.79 Å². The zero-order valence-electron chi connectivity index (χ0n) is 18.6. The second kappa shape index (κ2) is 10.1. The summed E-state index contributed by atoms with van der Waals surface area (Å²) in [5.41, 5.74) is 2.12. The number of methoxy groups -OCH3 is 2. The molecular weight excluding hydrogens is 415 g/mol. The monoisotopic (exact) mass is 442 g/mol. The van der Waals surface area contributed by atoms with E-state index in [1.54, 1.807) is 52.5 Å². The van der Waals surface area contributed by atoms with Gasteiger partial charge < -0.3 is 19.7 Å². The van der Waals surface area contributed by atoms with E-state index in [2.05, 4.69) is 10.4 Å². The number of hydrogen-bond donors (Lipinski definition) is 1. The molecule has 1 heterocycles. The Morgan fingerprint density at radius 1 is 1.19 bits per heavy atom. The lowest BCUT2D eigenvalue weighted by molar-refractivity contribution is -0.133. The Hall–Kier alpha value is -3.62. The molecule has 9 heteroatoms. The number of rotatable bonds is 7. The highest BCUT2D eigenvalue weighted by Crippen LogP contribution is 2.36. The van der Waals surface area contributed by atoms with Gasteiger partial charge in [-0.2, -0.15) is 5.10 Å². The highest BCUT2D eigenvalue weighted by Gasteiger charge is 2.34. The highest BCUT2D eigenvalue weighted by molar-refractivity contribution is 6.05. The van der Waals surface area contributed by atoms with E-state index >= 15 is 0 Å². The first-order valence-corrected chi connectivity index (χ1v) is 10.2. The number of likely N-dealkylation sites (N-methyl/N-ethyl adjacent to an activating group) is 1. The van der Waals surface area contributed by atoms with Crippen molar-refractivity contribution < 1.29 is 23.5 Å². The number of urea groups is 1.